The van der Waals surface area contributed by atoms with E-state index in [1.807, 2.05) is 19.9 Å². The molecular weight excluding hydrogens is 350 g/mol. The van der Waals surface area contributed by atoms with Crippen molar-refractivity contribution in [3.05, 3.63) is 41.6 Å². The third-order valence-corrected chi connectivity index (χ3v) is 5.88. The van der Waals surface area contributed by atoms with Crippen LogP contribution in [0.5, 0.6) is 0 Å². The zero-order valence-corrected chi connectivity index (χ0v) is 15.8. The summed E-state index contributed by atoms with van der Waals surface area (Å²) >= 11 is 0. The van der Waals surface area contributed by atoms with E-state index < -0.39 is 10.8 Å². The molecule has 4 rings (SSSR count). The fourth-order valence-corrected chi connectivity index (χ4v) is 4.36. The molecule has 0 bridgehead atoms. The summed E-state index contributed by atoms with van der Waals surface area (Å²) < 4.78 is 17.4. The lowest BCUT2D eigenvalue weighted by atomic mass is 9.94. The molecule has 0 aromatic carbocycles. The summed E-state index contributed by atoms with van der Waals surface area (Å²) in [4.78, 5) is 11.0. The number of nitrogens with one attached hydrogen (secondary N) is 1. The number of hydrazone groups is 1. The van der Waals surface area contributed by atoms with Gasteiger partial charge in [0.05, 0.1) is 17.8 Å². The zero-order chi connectivity index (χ0) is 18.1. The summed E-state index contributed by atoms with van der Waals surface area (Å²) in [6, 6.07) is 2.14. The van der Waals surface area contributed by atoms with Gasteiger partial charge < -0.3 is 15.1 Å². The monoisotopic (exact) mass is 373 g/mol. The van der Waals surface area contributed by atoms with E-state index in [9.17, 15) is 4.21 Å². The van der Waals surface area contributed by atoms with Gasteiger partial charge in [-0.15, -0.1) is 0 Å². The van der Waals surface area contributed by atoms with E-state index in [2.05, 4.69) is 37.5 Å². The minimum atomic E-state index is -0.705. The average Bonchev–Trinajstić information content (AvgIpc) is 3.05. The molecule has 1 atom stereocenters. The van der Waals surface area contributed by atoms with Crippen LogP contribution in [0.25, 0.3) is 0 Å². The van der Waals surface area contributed by atoms with Gasteiger partial charge in [0.2, 0.25) is 0 Å². The Morgan fingerprint density at radius 1 is 1.31 bits per heavy atom. The van der Waals surface area contributed by atoms with Crippen molar-refractivity contribution in [3.63, 3.8) is 0 Å². The van der Waals surface area contributed by atoms with E-state index in [4.69, 9.17) is 4.74 Å². The van der Waals surface area contributed by atoms with E-state index in [0.717, 1.165) is 48.1 Å². The third kappa shape index (κ3) is 3.51. The quantitative estimate of drug-likeness (QED) is 0.858. The summed E-state index contributed by atoms with van der Waals surface area (Å²) in [6.45, 7) is 5.56. The summed E-state index contributed by atoms with van der Waals surface area (Å²) in [5, 5.41) is 4.51. The molecule has 1 aliphatic carbocycles. The Balaban J connectivity index is 1.58. The average molecular weight is 373 g/mol. The Kier molecular flexibility index (Phi) is 4.76. The first-order valence-corrected chi connectivity index (χ1v) is 10.4. The second-order valence-electron chi connectivity index (χ2n) is 6.85. The fraction of sp³-hybridized carbons (Fsp3) is 0.500. The molecule has 1 aromatic rings. The Morgan fingerprint density at radius 3 is 2.88 bits per heavy atom. The molecule has 7 nitrogen and oxygen atoms in total. The maximum atomic E-state index is 11.6. The van der Waals surface area contributed by atoms with Gasteiger partial charge in [0.25, 0.3) is 0 Å². The molecule has 3 heterocycles. The van der Waals surface area contributed by atoms with Crippen LogP contribution in [0.2, 0.25) is 0 Å². The van der Waals surface area contributed by atoms with E-state index in [1.165, 1.54) is 0 Å². The smallest absolute Gasteiger partial charge is 0.132 e. The van der Waals surface area contributed by atoms with Crippen molar-refractivity contribution in [2.24, 2.45) is 5.10 Å². The lowest BCUT2D eigenvalue weighted by Crippen LogP contribution is -2.38. The van der Waals surface area contributed by atoms with Gasteiger partial charge in [-0.05, 0) is 32.4 Å². The number of allylic oxidation sites excluding steroid dienone is 1. The van der Waals surface area contributed by atoms with Gasteiger partial charge in [0, 0.05) is 47.0 Å². The van der Waals surface area contributed by atoms with Gasteiger partial charge in [-0.1, -0.05) is 0 Å². The highest BCUT2D eigenvalue weighted by Gasteiger charge is 2.30. The van der Waals surface area contributed by atoms with Gasteiger partial charge in [0.15, 0.2) is 0 Å². The van der Waals surface area contributed by atoms with Crippen LogP contribution in [0.4, 0.5) is 5.82 Å². The number of aromatic nitrogens is 2. The van der Waals surface area contributed by atoms with Crippen LogP contribution in [0.15, 0.2) is 41.0 Å². The molecular formula is C18H23N5O2S. The van der Waals surface area contributed by atoms with Crippen molar-refractivity contribution in [1.82, 2.24) is 15.4 Å². The number of hydrogen-bond acceptors (Lipinski definition) is 7. The first-order valence-electron chi connectivity index (χ1n) is 8.94. The van der Waals surface area contributed by atoms with Gasteiger partial charge in [0.1, 0.15) is 23.6 Å². The molecule has 0 spiro atoms. The standard InChI is InChI=1S/C18H23N5O2S/c1-12(2)25-13-3-4-15-14(9-13)18(22-21-15)16-10-17(20-11-19-16)23-5-7-26(24)8-6-23/h3,9-12,15,21H,4-8H2,1-2H3. The highest BCUT2D eigenvalue weighted by molar-refractivity contribution is 7.85. The fourth-order valence-electron chi connectivity index (χ4n) is 3.31. The normalized spacial score (nSPS) is 23.1. The van der Waals surface area contributed by atoms with Crippen LogP contribution in [0, 0.1) is 0 Å². The Hall–Kier alpha value is -2.22. The first-order chi connectivity index (χ1) is 12.6. The topological polar surface area (TPSA) is 79.7 Å². The third-order valence-electron chi connectivity index (χ3n) is 4.60. The number of hydrogen-bond donors (Lipinski definition) is 1. The van der Waals surface area contributed by atoms with Crippen LogP contribution in [0.1, 0.15) is 26.0 Å². The van der Waals surface area contributed by atoms with E-state index >= 15 is 0 Å². The van der Waals surface area contributed by atoms with Crippen molar-refractivity contribution in [2.45, 2.75) is 32.4 Å². The Bertz CT molecular complexity index is 808. The van der Waals surface area contributed by atoms with Crippen LogP contribution in [0.3, 0.4) is 0 Å². The van der Waals surface area contributed by atoms with Gasteiger partial charge >= 0.3 is 0 Å². The lowest BCUT2D eigenvalue weighted by Gasteiger charge is -2.27. The Labute approximate surface area is 155 Å². The maximum absolute atomic E-state index is 11.6. The van der Waals surface area contributed by atoms with Crippen molar-refractivity contribution < 1.29 is 8.95 Å². The van der Waals surface area contributed by atoms with Crippen molar-refractivity contribution in [2.75, 3.05) is 29.5 Å². The SMILES string of the molecule is CC(C)OC1=CCC2NN=C(c3cc(N4CCS(=O)CC4)ncn3)C2=C1. The maximum Gasteiger partial charge on any atom is 0.132 e. The van der Waals surface area contributed by atoms with Crippen molar-refractivity contribution in [1.29, 1.82) is 0 Å². The molecule has 2 aliphatic heterocycles. The predicted octanol–water partition coefficient (Wildman–Crippen LogP) is 1.36. The van der Waals surface area contributed by atoms with Gasteiger partial charge in [-0.3, -0.25) is 4.21 Å². The predicted molar refractivity (Wildman–Crippen MR) is 103 cm³/mol. The van der Waals surface area contributed by atoms with Crippen molar-refractivity contribution >= 4 is 22.3 Å². The molecule has 1 N–H and O–H groups in total. The Morgan fingerprint density at radius 2 is 2.12 bits per heavy atom. The van der Waals surface area contributed by atoms with Crippen LogP contribution in [-0.2, 0) is 15.5 Å². The summed E-state index contributed by atoms with van der Waals surface area (Å²) in [5.74, 6) is 3.13. The number of ether oxygens (including phenoxy) is 1. The van der Waals surface area contributed by atoms with Crippen molar-refractivity contribution in [3.8, 4) is 0 Å². The lowest BCUT2D eigenvalue weighted by molar-refractivity contribution is 0.155. The molecule has 138 valence electrons. The molecule has 8 heteroatoms. The minimum Gasteiger partial charge on any atom is -0.491 e. The summed E-state index contributed by atoms with van der Waals surface area (Å²) in [5.41, 5.74) is 5.94. The molecule has 0 amide bonds. The molecule has 0 saturated carbocycles. The van der Waals surface area contributed by atoms with Crippen LogP contribution in [-0.4, -0.2) is 56.6 Å². The molecule has 1 unspecified atom stereocenters. The summed E-state index contributed by atoms with van der Waals surface area (Å²) in [7, 11) is -0.705. The molecule has 3 aliphatic rings. The molecule has 26 heavy (non-hydrogen) atoms. The largest absolute Gasteiger partial charge is 0.491 e. The molecule has 1 saturated heterocycles. The van der Waals surface area contributed by atoms with Gasteiger partial charge in [-0.2, -0.15) is 5.10 Å². The summed E-state index contributed by atoms with van der Waals surface area (Å²) in [6.07, 6.45) is 6.71. The molecule has 1 fully saturated rings. The number of nitrogens with zero attached hydrogens (tertiary/aromatic N) is 4. The second kappa shape index (κ2) is 7.19. The number of rotatable bonds is 4. The second-order valence-corrected chi connectivity index (χ2v) is 8.54. The molecule has 0 radical (unpaired) electrons. The van der Waals surface area contributed by atoms with Crippen LogP contribution < -0.4 is 10.3 Å². The van der Waals surface area contributed by atoms with Gasteiger partial charge in [-0.25, -0.2) is 9.97 Å². The van der Waals surface area contributed by atoms with Crippen LogP contribution >= 0.6 is 0 Å². The number of fused-ring (bicyclic) bond motifs is 1. The highest BCUT2D eigenvalue weighted by Crippen LogP contribution is 2.27. The first kappa shape index (κ1) is 17.2. The zero-order valence-electron chi connectivity index (χ0n) is 15.0. The highest BCUT2D eigenvalue weighted by atomic mass is 32.2. The minimum absolute atomic E-state index is 0.139. The van der Waals surface area contributed by atoms with E-state index in [1.54, 1.807) is 6.33 Å². The number of anilines is 1. The van der Waals surface area contributed by atoms with E-state index in [-0.39, 0.29) is 12.1 Å². The van der Waals surface area contributed by atoms with E-state index in [0.29, 0.717) is 11.5 Å². The molecule has 1 aromatic heterocycles.